The lowest BCUT2D eigenvalue weighted by molar-refractivity contribution is 0.0693. The largest absolute Gasteiger partial charge is 0.478 e. The molecule has 1 aromatic rings. The molecule has 1 aromatic carbocycles. The maximum absolute atomic E-state index is 13.3. The van der Waals surface area contributed by atoms with Gasteiger partial charge in [0, 0.05) is 6.54 Å². The Morgan fingerprint density at radius 3 is 2.56 bits per heavy atom. The van der Waals surface area contributed by atoms with Gasteiger partial charge in [-0.05, 0) is 17.5 Å². The second-order valence-corrected chi connectivity index (χ2v) is 4.88. The van der Waals surface area contributed by atoms with Crippen LogP contribution in [0.2, 0.25) is 0 Å². The number of carbonyl (C=O) groups is 1. The molecule has 0 atom stereocenters. The SMILES string of the molecule is CC(C)(C)CNc1cccc(F)c1C(=O)O. The smallest absolute Gasteiger partial charge is 0.340 e. The van der Waals surface area contributed by atoms with Gasteiger partial charge in [0.2, 0.25) is 0 Å². The fourth-order valence-corrected chi connectivity index (χ4v) is 1.25. The fraction of sp³-hybridized carbons (Fsp3) is 0.417. The second kappa shape index (κ2) is 4.51. The van der Waals surface area contributed by atoms with E-state index < -0.39 is 11.8 Å². The molecule has 0 heterocycles. The van der Waals surface area contributed by atoms with Crippen molar-refractivity contribution < 1.29 is 14.3 Å². The number of nitrogens with one attached hydrogen (secondary N) is 1. The van der Waals surface area contributed by atoms with Gasteiger partial charge in [-0.1, -0.05) is 26.8 Å². The summed E-state index contributed by atoms with van der Waals surface area (Å²) in [5.41, 5.74) is 0.0245. The minimum Gasteiger partial charge on any atom is -0.478 e. The molecule has 16 heavy (non-hydrogen) atoms. The Balaban J connectivity index is 2.96. The molecule has 2 N–H and O–H groups in total. The minimum atomic E-state index is -1.26. The van der Waals surface area contributed by atoms with Gasteiger partial charge in [-0.25, -0.2) is 9.18 Å². The summed E-state index contributed by atoms with van der Waals surface area (Å²) < 4.78 is 13.3. The van der Waals surface area contributed by atoms with Crippen LogP contribution < -0.4 is 5.32 Å². The van der Waals surface area contributed by atoms with Crippen LogP contribution >= 0.6 is 0 Å². The van der Waals surface area contributed by atoms with Crippen LogP contribution in [0.25, 0.3) is 0 Å². The molecule has 4 heteroatoms. The number of rotatable bonds is 3. The Kier molecular flexibility index (Phi) is 3.52. The van der Waals surface area contributed by atoms with Crippen LogP contribution in [0.15, 0.2) is 18.2 Å². The maximum atomic E-state index is 13.3. The van der Waals surface area contributed by atoms with Gasteiger partial charge in [0.15, 0.2) is 0 Å². The minimum absolute atomic E-state index is 0.00207. The highest BCUT2D eigenvalue weighted by Gasteiger charge is 2.17. The van der Waals surface area contributed by atoms with Crippen LogP contribution in [0.5, 0.6) is 0 Å². The summed E-state index contributed by atoms with van der Waals surface area (Å²) in [6.45, 7) is 6.62. The molecule has 0 amide bonds. The third-order valence-corrected chi connectivity index (χ3v) is 2.04. The van der Waals surface area contributed by atoms with Crippen LogP contribution in [0.1, 0.15) is 31.1 Å². The number of carboxylic acid groups (broad SMARTS) is 1. The van der Waals surface area contributed by atoms with E-state index in [2.05, 4.69) is 5.32 Å². The van der Waals surface area contributed by atoms with Gasteiger partial charge < -0.3 is 10.4 Å². The monoisotopic (exact) mass is 225 g/mol. The fourth-order valence-electron chi connectivity index (χ4n) is 1.25. The summed E-state index contributed by atoms with van der Waals surface area (Å²) in [5, 5.41) is 11.9. The van der Waals surface area contributed by atoms with E-state index in [0.29, 0.717) is 12.2 Å². The zero-order valence-corrected chi connectivity index (χ0v) is 9.67. The van der Waals surface area contributed by atoms with Gasteiger partial charge in [0.05, 0.1) is 5.69 Å². The van der Waals surface area contributed by atoms with Crippen LogP contribution in [0.3, 0.4) is 0 Å². The normalized spacial score (nSPS) is 11.2. The van der Waals surface area contributed by atoms with Crippen molar-refractivity contribution in [1.29, 1.82) is 0 Å². The van der Waals surface area contributed by atoms with Crippen molar-refractivity contribution >= 4 is 11.7 Å². The van der Waals surface area contributed by atoms with Crippen molar-refractivity contribution in [1.82, 2.24) is 0 Å². The van der Waals surface area contributed by atoms with Gasteiger partial charge in [-0.3, -0.25) is 0 Å². The molecule has 0 fully saturated rings. The quantitative estimate of drug-likeness (QED) is 0.831. The van der Waals surface area contributed by atoms with E-state index in [9.17, 15) is 9.18 Å². The van der Waals surface area contributed by atoms with Gasteiger partial charge in [0.25, 0.3) is 0 Å². The molecule has 0 aliphatic carbocycles. The van der Waals surface area contributed by atoms with Crippen molar-refractivity contribution in [2.75, 3.05) is 11.9 Å². The number of halogens is 1. The lowest BCUT2D eigenvalue weighted by Crippen LogP contribution is -2.20. The number of carboxylic acids is 1. The van der Waals surface area contributed by atoms with E-state index in [1.165, 1.54) is 6.07 Å². The van der Waals surface area contributed by atoms with Gasteiger partial charge in [0.1, 0.15) is 11.4 Å². The summed E-state index contributed by atoms with van der Waals surface area (Å²) in [6.07, 6.45) is 0. The summed E-state index contributed by atoms with van der Waals surface area (Å²) >= 11 is 0. The van der Waals surface area contributed by atoms with Crippen molar-refractivity contribution in [3.8, 4) is 0 Å². The lowest BCUT2D eigenvalue weighted by atomic mass is 9.96. The highest BCUT2D eigenvalue weighted by atomic mass is 19.1. The van der Waals surface area contributed by atoms with Crippen molar-refractivity contribution in [2.45, 2.75) is 20.8 Å². The van der Waals surface area contributed by atoms with Crippen molar-refractivity contribution in [3.05, 3.63) is 29.6 Å². The summed E-state index contributed by atoms with van der Waals surface area (Å²) in [4.78, 5) is 10.9. The first-order chi connectivity index (χ1) is 7.31. The average Bonchev–Trinajstić information content (AvgIpc) is 2.12. The van der Waals surface area contributed by atoms with E-state index in [0.717, 1.165) is 6.07 Å². The number of hydrogen-bond donors (Lipinski definition) is 2. The van der Waals surface area contributed by atoms with E-state index in [1.807, 2.05) is 20.8 Å². The number of aromatic carboxylic acids is 1. The van der Waals surface area contributed by atoms with Gasteiger partial charge in [-0.15, -0.1) is 0 Å². The van der Waals surface area contributed by atoms with Gasteiger partial charge >= 0.3 is 5.97 Å². The molecule has 0 aliphatic rings. The topological polar surface area (TPSA) is 49.3 Å². The second-order valence-electron chi connectivity index (χ2n) is 4.88. The Hall–Kier alpha value is -1.58. The van der Waals surface area contributed by atoms with E-state index in [4.69, 9.17) is 5.11 Å². The molecule has 88 valence electrons. The average molecular weight is 225 g/mol. The molecule has 3 nitrogen and oxygen atoms in total. The number of anilines is 1. The van der Waals surface area contributed by atoms with E-state index >= 15 is 0 Å². The van der Waals surface area contributed by atoms with Crippen molar-refractivity contribution in [3.63, 3.8) is 0 Å². The Morgan fingerprint density at radius 1 is 1.44 bits per heavy atom. The maximum Gasteiger partial charge on any atom is 0.340 e. The highest BCUT2D eigenvalue weighted by molar-refractivity contribution is 5.94. The predicted octanol–water partition coefficient (Wildman–Crippen LogP) is 2.98. The third-order valence-electron chi connectivity index (χ3n) is 2.04. The molecule has 0 saturated carbocycles. The molecular weight excluding hydrogens is 209 g/mol. The Labute approximate surface area is 94.3 Å². The standard InChI is InChI=1S/C12H16FNO2/c1-12(2,3)7-14-9-6-4-5-8(13)10(9)11(15)16/h4-6,14H,7H2,1-3H3,(H,15,16). The van der Waals surface area contributed by atoms with Crippen LogP contribution in [-0.2, 0) is 0 Å². The molecule has 0 spiro atoms. The summed E-state index contributed by atoms with van der Waals surface area (Å²) in [6, 6.07) is 4.21. The van der Waals surface area contributed by atoms with Crippen LogP contribution in [0.4, 0.5) is 10.1 Å². The first kappa shape index (κ1) is 12.5. The lowest BCUT2D eigenvalue weighted by Gasteiger charge is -2.20. The highest BCUT2D eigenvalue weighted by Crippen LogP contribution is 2.21. The molecule has 0 bridgehead atoms. The summed E-state index contributed by atoms with van der Waals surface area (Å²) in [5.74, 6) is -1.97. The van der Waals surface area contributed by atoms with Crippen LogP contribution in [-0.4, -0.2) is 17.6 Å². The molecule has 0 aromatic heterocycles. The Bertz CT molecular complexity index is 396. The van der Waals surface area contributed by atoms with E-state index in [-0.39, 0.29) is 11.0 Å². The molecule has 0 aliphatic heterocycles. The number of benzene rings is 1. The van der Waals surface area contributed by atoms with E-state index in [1.54, 1.807) is 6.07 Å². The Morgan fingerprint density at radius 2 is 2.06 bits per heavy atom. The van der Waals surface area contributed by atoms with Crippen LogP contribution in [0, 0.1) is 11.2 Å². The number of hydrogen-bond acceptors (Lipinski definition) is 2. The third kappa shape index (κ3) is 3.22. The molecule has 1 rings (SSSR count). The zero-order valence-electron chi connectivity index (χ0n) is 9.67. The first-order valence-electron chi connectivity index (χ1n) is 5.07. The first-order valence-corrected chi connectivity index (χ1v) is 5.07. The van der Waals surface area contributed by atoms with Crippen molar-refractivity contribution in [2.24, 2.45) is 5.41 Å². The molecule has 0 unspecified atom stereocenters. The predicted molar refractivity (Wildman–Crippen MR) is 61.3 cm³/mol. The summed E-state index contributed by atoms with van der Waals surface area (Å²) in [7, 11) is 0. The van der Waals surface area contributed by atoms with Gasteiger partial charge in [-0.2, -0.15) is 0 Å². The molecule has 0 radical (unpaired) electrons. The zero-order chi connectivity index (χ0) is 12.3. The molecular formula is C12H16FNO2. The molecule has 0 saturated heterocycles.